The molecule has 2 heteroatoms. The highest BCUT2D eigenvalue weighted by Crippen LogP contribution is 1.98. The number of alkyl halides is 1. The summed E-state index contributed by atoms with van der Waals surface area (Å²) in [5.41, 5.74) is 0. The lowest BCUT2D eigenvalue weighted by molar-refractivity contribution is 0.311. The smallest absolute Gasteiger partial charge is 0.0584 e. The predicted octanol–water partition coefficient (Wildman–Crippen LogP) is 1.36. The third kappa shape index (κ3) is 4.28. The lowest BCUT2D eigenvalue weighted by Gasteiger charge is -1.92. The average Bonchev–Trinajstić information content (AvgIpc) is 1.68. The van der Waals surface area contributed by atoms with Gasteiger partial charge in [-0.3, -0.25) is 0 Å². The summed E-state index contributed by atoms with van der Waals surface area (Å²) >= 11 is 2.17. The Balaban J connectivity index is 3.16. The van der Waals surface area contributed by atoms with Crippen molar-refractivity contribution in [3.8, 4) is 0 Å². The van der Waals surface area contributed by atoms with Gasteiger partial charge in [-0.15, -0.1) is 0 Å². The topological polar surface area (TPSA) is 20.2 Å². The number of aliphatic hydroxyl groups excluding tert-OH is 1. The highest BCUT2D eigenvalue weighted by Gasteiger charge is 1.89. The van der Waals surface area contributed by atoms with Crippen LogP contribution in [0.3, 0.4) is 0 Å². The van der Waals surface area contributed by atoms with Crippen molar-refractivity contribution in [1.29, 1.82) is 0 Å². The first kappa shape index (κ1) is 7.43. The van der Waals surface area contributed by atoms with E-state index in [2.05, 4.69) is 22.6 Å². The van der Waals surface area contributed by atoms with Crippen LogP contribution >= 0.6 is 22.6 Å². The first-order valence-corrected chi connectivity index (χ1v) is 3.43. The highest BCUT2D eigenvalue weighted by molar-refractivity contribution is 14.1. The van der Waals surface area contributed by atoms with Gasteiger partial charge in [-0.05, 0) is 6.92 Å². The third-order valence-corrected chi connectivity index (χ3v) is 1.38. The Bertz CT molecular complexity index is 61.1. The Morgan fingerprint density at radius 3 is 2.57 bits per heavy atom. The molecule has 1 N–H and O–H groups in total. The summed E-state index contributed by atoms with van der Waals surface area (Å²) in [5.74, 6) is 0. The predicted molar refractivity (Wildman–Crippen MR) is 39.7 cm³/mol. The van der Waals surface area contributed by atoms with E-state index in [1.165, 1.54) is 0 Å². The molecular formula is C5H9IO. The molecular weight excluding hydrogens is 203 g/mol. The monoisotopic (exact) mass is 212 g/mol. The van der Waals surface area contributed by atoms with Crippen molar-refractivity contribution >= 4 is 22.6 Å². The van der Waals surface area contributed by atoms with Crippen LogP contribution in [0.25, 0.3) is 0 Å². The van der Waals surface area contributed by atoms with Gasteiger partial charge in [0.25, 0.3) is 0 Å². The van der Waals surface area contributed by atoms with E-state index in [9.17, 15) is 0 Å². The molecule has 0 radical (unpaired) electrons. The van der Waals surface area contributed by atoms with Crippen molar-refractivity contribution in [2.24, 2.45) is 0 Å². The molecule has 0 saturated heterocycles. The molecule has 7 heavy (non-hydrogen) atoms. The molecule has 1 nitrogen and oxygen atoms in total. The molecule has 0 aromatic carbocycles. The number of aliphatic hydroxyl groups is 1. The van der Waals surface area contributed by atoms with Crippen molar-refractivity contribution in [1.82, 2.24) is 0 Å². The molecule has 0 spiro atoms. The maximum absolute atomic E-state index is 8.41. The number of allylic oxidation sites excluding steroid dienone is 1. The maximum atomic E-state index is 8.41. The van der Waals surface area contributed by atoms with E-state index < -0.39 is 0 Å². The molecule has 0 aromatic heterocycles. The lowest BCUT2D eigenvalue weighted by Crippen LogP contribution is -1.96. The Hall–Kier alpha value is 0.430. The van der Waals surface area contributed by atoms with Gasteiger partial charge < -0.3 is 5.11 Å². The van der Waals surface area contributed by atoms with E-state index in [0.717, 1.165) is 0 Å². The van der Waals surface area contributed by atoms with Crippen LogP contribution in [0, 0.1) is 0 Å². The van der Waals surface area contributed by atoms with Gasteiger partial charge in [0.1, 0.15) is 0 Å². The molecule has 0 bridgehead atoms. The fourth-order valence-corrected chi connectivity index (χ4v) is 0.685. The van der Waals surface area contributed by atoms with Gasteiger partial charge in [-0.1, -0.05) is 34.7 Å². The number of hydrogen-bond acceptors (Lipinski definition) is 1. The summed E-state index contributed by atoms with van der Waals surface area (Å²) in [5, 5.41) is 8.41. The fraction of sp³-hybridized carbons (Fsp3) is 0.600. The van der Waals surface area contributed by atoms with Gasteiger partial charge in [0.15, 0.2) is 0 Å². The van der Waals surface area contributed by atoms with Crippen LogP contribution in [0.5, 0.6) is 0 Å². The molecule has 0 aromatic rings. The first-order valence-electron chi connectivity index (χ1n) is 2.19. The van der Waals surface area contributed by atoms with Crippen molar-refractivity contribution in [3.63, 3.8) is 0 Å². The maximum Gasteiger partial charge on any atom is 0.0584 e. The van der Waals surface area contributed by atoms with Crippen LogP contribution < -0.4 is 0 Å². The van der Waals surface area contributed by atoms with E-state index in [4.69, 9.17) is 5.11 Å². The van der Waals surface area contributed by atoms with E-state index >= 15 is 0 Å². The molecule has 0 aliphatic rings. The molecule has 0 fully saturated rings. The summed E-state index contributed by atoms with van der Waals surface area (Å²) in [7, 11) is 0. The second-order valence-electron chi connectivity index (χ2n) is 1.22. The Morgan fingerprint density at radius 1 is 1.86 bits per heavy atom. The van der Waals surface area contributed by atoms with Gasteiger partial charge >= 0.3 is 0 Å². The minimum absolute atomic E-state index is 0.241. The van der Waals surface area contributed by atoms with Gasteiger partial charge in [-0.2, -0.15) is 0 Å². The minimum atomic E-state index is 0.241. The lowest BCUT2D eigenvalue weighted by atomic mass is 10.4. The number of rotatable bonds is 2. The standard InChI is InChI=1S/C5H9IO/c1-2-3-5(6)4-7/h2-3,5,7H,4H2,1H3/b3-2-. The molecule has 0 rings (SSSR count). The Labute approximate surface area is 57.6 Å². The third-order valence-electron chi connectivity index (χ3n) is 0.576. The summed E-state index contributed by atoms with van der Waals surface area (Å²) in [6, 6.07) is 0. The van der Waals surface area contributed by atoms with Crippen LogP contribution in [0.1, 0.15) is 6.92 Å². The van der Waals surface area contributed by atoms with Crippen molar-refractivity contribution < 1.29 is 5.11 Å². The largest absolute Gasteiger partial charge is 0.395 e. The minimum Gasteiger partial charge on any atom is -0.395 e. The zero-order valence-corrected chi connectivity index (χ0v) is 6.42. The SMILES string of the molecule is C/C=C\C(I)CO. The van der Waals surface area contributed by atoms with Crippen molar-refractivity contribution in [2.75, 3.05) is 6.61 Å². The Morgan fingerprint density at radius 2 is 2.43 bits per heavy atom. The van der Waals surface area contributed by atoms with Gasteiger partial charge in [0.2, 0.25) is 0 Å². The summed E-state index contributed by atoms with van der Waals surface area (Å²) in [6.07, 6.45) is 3.90. The summed E-state index contributed by atoms with van der Waals surface area (Å²) < 4.78 is 0.294. The zero-order chi connectivity index (χ0) is 5.70. The van der Waals surface area contributed by atoms with Crippen molar-refractivity contribution in [2.45, 2.75) is 10.8 Å². The molecule has 0 saturated carbocycles. The fourth-order valence-electron chi connectivity index (χ4n) is 0.270. The average molecular weight is 212 g/mol. The van der Waals surface area contributed by atoms with Gasteiger partial charge in [0, 0.05) is 0 Å². The summed E-state index contributed by atoms with van der Waals surface area (Å²) in [4.78, 5) is 0. The second-order valence-corrected chi connectivity index (χ2v) is 2.82. The van der Waals surface area contributed by atoms with E-state index in [0.29, 0.717) is 3.92 Å². The highest BCUT2D eigenvalue weighted by atomic mass is 127. The van der Waals surface area contributed by atoms with Gasteiger partial charge in [0.05, 0.1) is 10.5 Å². The second kappa shape index (κ2) is 4.59. The normalized spacial score (nSPS) is 15.3. The quantitative estimate of drug-likeness (QED) is 0.416. The number of hydrogen-bond donors (Lipinski definition) is 1. The molecule has 1 unspecified atom stereocenters. The molecule has 0 amide bonds. The van der Waals surface area contributed by atoms with Crippen LogP contribution in [0.15, 0.2) is 12.2 Å². The number of halogens is 1. The van der Waals surface area contributed by atoms with Crippen LogP contribution in [-0.2, 0) is 0 Å². The molecule has 0 aliphatic carbocycles. The van der Waals surface area contributed by atoms with Crippen LogP contribution in [0.2, 0.25) is 0 Å². The zero-order valence-electron chi connectivity index (χ0n) is 4.26. The van der Waals surface area contributed by atoms with Crippen LogP contribution in [-0.4, -0.2) is 15.6 Å². The molecule has 1 atom stereocenters. The Kier molecular flexibility index (Phi) is 4.87. The molecule has 42 valence electrons. The van der Waals surface area contributed by atoms with E-state index in [1.54, 1.807) is 0 Å². The van der Waals surface area contributed by atoms with Gasteiger partial charge in [-0.25, -0.2) is 0 Å². The van der Waals surface area contributed by atoms with E-state index in [-0.39, 0.29) is 6.61 Å². The van der Waals surface area contributed by atoms with Crippen LogP contribution in [0.4, 0.5) is 0 Å². The molecule has 0 heterocycles. The molecule has 0 aliphatic heterocycles. The first-order chi connectivity index (χ1) is 3.31. The van der Waals surface area contributed by atoms with Crippen molar-refractivity contribution in [3.05, 3.63) is 12.2 Å². The van der Waals surface area contributed by atoms with E-state index in [1.807, 2.05) is 19.1 Å². The summed E-state index contributed by atoms with van der Waals surface area (Å²) in [6.45, 7) is 2.19.